The molecule has 1 aliphatic carbocycles. The molecule has 2 N–H and O–H groups in total. The van der Waals surface area contributed by atoms with Crippen LogP contribution in [-0.2, 0) is 9.53 Å². The fourth-order valence-electron chi connectivity index (χ4n) is 4.21. The van der Waals surface area contributed by atoms with Gasteiger partial charge in [0.2, 0.25) is 5.91 Å². The number of carbonyl (C=O) groups is 1. The lowest BCUT2D eigenvalue weighted by atomic mass is 9.88. The van der Waals surface area contributed by atoms with Gasteiger partial charge in [-0.05, 0) is 32.1 Å². The third kappa shape index (κ3) is 5.47. The number of nitrogens with one attached hydrogen (secondary N) is 2. The van der Waals surface area contributed by atoms with E-state index in [1.807, 2.05) is 7.05 Å². The highest BCUT2D eigenvalue weighted by molar-refractivity contribution is 5.81. The fourth-order valence-corrected chi connectivity index (χ4v) is 4.21. The lowest BCUT2D eigenvalue weighted by Crippen LogP contribution is -2.45. The van der Waals surface area contributed by atoms with Crippen LogP contribution in [0.3, 0.4) is 0 Å². The van der Waals surface area contributed by atoms with Gasteiger partial charge in [0, 0.05) is 38.6 Å². The van der Waals surface area contributed by atoms with Gasteiger partial charge in [0.15, 0.2) is 5.96 Å². The van der Waals surface area contributed by atoms with Gasteiger partial charge < -0.3 is 20.3 Å². The van der Waals surface area contributed by atoms with E-state index in [9.17, 15) is 4.79 Å². The maximum atomic E-state index is 12.7. The second-order valence-corrected chi connectivity index (χ2v) is 7.69. The summed E-state index contributed by atoms with van der Waals surface area (Å²) in [6.45, 7) is 4.14. The Balaban J connectivity index is 1.38. The van der Waals surface area contributed by atoms with Crippen LogP contribution in [-0.4, -0.2) is 62.7 Å². The maximum Gasteiger partial charge on any atom is 0.225 e. The average Bonchev–Trinajstić information content (AvgIpc) is 3.16. The highest BCUT2D eigenvalue weighted by Crippen LogP contribution is 2.26. The van der Waals surface area contributed by atoms with Crippen LogP contribution in [0, 0.1) is 5.92 Å². The quantitative estimate of drug-likeness (QED) is 0.446. The molecule has 0 bridgehead atoms. The van der Waals surface area contributed by atoms with Gasteiger partial charge >= 0.3 is 0 Å². The molecule has 0 aromatic heterocycles. The Morgan fingerprint density at radius 1 is 1.31 bits per heavy atom. The van der Waals surface area contributed by atoms with Gasteiger partial charge in [0.25, 0.3) is 0 Å². The summed E-state index contributed by atoms with van der Waals surface area (Å²) in [5.74, 6) is 1.49. The van der Waals surface area contributed by atoms with Crippen LogP contribution < -0.4 is 10.6 Å². The largest absolute Gasteiger partial charge is 0.377 e. The van der Waals surface area contributed by atoms with Crippen molar-refractivity contribution in [2.75, 3.05) is 39.9 Å². The van der Waals surface area contributed by atoms with E-state index in [4.69, 9.17) is 4.74 Å². The molecule has 3 aliphatic rings. The number of nitrogens with zero attached hydrogens (tertiary/aromatic N) is 2. The number of hydrogen-bond acceptors (Lipinski definition) is 3. The zero-order chi connectivity index (χ0) is 18.2. The van der Waals surface area contributed by atoms with Crippen molar-refractivity contribution >= 4 is 11.9 Å². The minimum Gasteiger partial charge on any atom is -0.377 e. The van der Waals surface area contributed by atoms with Crippen LogP contribution in [0.15, 0.2) is 16.6 Å². The first-order chi connectivity index (χ1) is 12.8. The summed E-state index contributed by atoms with van der Waals surface area (Å²) >= 11 is 0. The Hall–Kier alpha value is -1.56. The number of amides is 1. The Bertz CT molecular complexity index is 526. The number of ether oxygens (including phenoxy) is 1. The fraction of sp³-hybridized carbons (Fsp3) is 0.800. The number of carbonyl (C=O) groups excluding carboxylic acids is 1. The predicted molar refractivity (Wildman–Crippen MR) is 104 cm³/mol. The number of hydrogen-bond donors (Lipinski definition) is 2. The van der Waals surface area contributed by atoms with Crippen molar-refractivity contribution in [1.29, 1.82) is 0 Å². The van der Waals surface area contributed by atoms with E-state index in [1.165, 1.54) is 24.8 Å². The van der Waals surface area contributed by atoms with E-state index in [-0.39, 0.29) is 5.92 Å². The van der Waals surface area contributed by atoms with Crippen molar-refractivity contribution in [3.63, 3.8) is 0 Å². The van der Waals surface area contributed by atoms with E-state index in [0.717, 1.165) is 70.9 Å². The highest BCUT2D eigenvalue weighted by Gasteiger charge is 2.31. The molecule has 2 aliphatic heterocycles. The van der Waals surface area contributed by atoms with Gasteiger partial charge in [-0.2, -0.15) is 0 Å². The smallest absolute Gasteiger partial charge is 0.225 e. The molecule has 0 aromatic carbocycles. The van der Waals surface area contributed by atoms with Gasteiger partial charge in [0.05, 0.1) is 13.2 Å². The molecule has 3 rings (SSSR count). The lowest BCUT2D eigenvalue weighted by molar-refractivity contribution is -0.135. The van der Waals surface area contributed by atoms with Gasteiger partial charge in [-0.3, -0.25) is 9.79 Å². The van der Waals surface area contributed by atoms with Crippen molar-refractivity contribution in [2.45, 2.75) is 57.4 Å². The minimum atomic E-state index is 0.271. The normalized spacial score (nSPS) is 25.1. The predicted octanol–water partition coefficient (Wildman–Crippen LogP) is 2.07. The molecule has 1 saturated heterocycles. The Morgan fingerprint density at radius 2 is 2.15 bits per heavy atom. The molecule has 1 unspecified atom stereocenters. The molecule has 0 spiro atoms. The van der Waals surface area contributed by atoms with Crippen molar-refractivity contribution < 1.29 is 9.53 Å². The van der Waals surface area contributed by atoms with Crippen LogP contribution in [0.25, 0.3) is 0 Å². The second kappa shape index (κ2) is 9.95. The molecule has 26 heavy (non-hydrogen) atoms. The van der Waals surface area contributed by atoms with Gasteiger partial charge in [-0.1, -0.05) is 30.9 Å². The van der Waals surface area contributed by atoms with Gasteiger partial charge in [-0.15, -0.1) is 0 Å². The zero-order valence-electron chi connectivity index (χ0n) is 16.1. The van der Waals surface area contributed by atoms with Crippen LogP contribution in [0.1, 0.15) is 51.4 Å². The summed E-state index contributed by atoms with van der Waals surface area (Å²) in [4.78, 5) is 19.1. The first-order valence-electron chi connectivity index (χ1n) is 10.3. The number of guanidine groups is 1. The topological polar surface area (TPSA) is 66.0 Å². The third-order valence-corrected chi connectivity index (χ3v) is 5.81. The summed E-state index contributed by atoms with van der Waals surface area (Å²) in [5.41, 5.74) is 1.46. The van der Waals surface area contributed by atoms with E-state index < -0.39 is 0 Å². The van der Waals surface area contributed by atoms with Crippen LogP contribution >= 0.6 is 0 Å². The molecular formula is C20H34N4O2. The van der Waals surface area contributed by atoms with Crippen molar-refractivity contribution in [3.05, 3.63) is 11.6 Å². The SMILES string of the molecule is CN=C(NCCC1=CCOCC1)NC1CCN(C(=O)C2CCCCC2)C1. The first kappa shape index (κ1) is 19.2. The molecule has 0 aromatic rings. The monoisotopic (exact) mass is 362 g/mol. The number of likely N-dealkylation sites (tertiary alicyclic amines) is 1. The molecule has 2 fully saturated rings. The Morgan fingerprint density at radius 3 is 2.88 bits per heavy atom. The molecule has 6 nitrogen and oxygen atoms in total. The summed E-state index contributed by atoms with van der Waals surface area (Å²) in [6.07, 6.45) is 11.1. The molecule has 146 valence electrons. The van der Waals surface area contributed by atoms with Crippen LogP contribution in [0.2, 0.25) is 0 Å². The molecule has 1 amide bonds. The third-order valence-electron chi connectivity index (χ3n) is 5.81. The lowest BCUT2D eigenvalue weighted by Gasteiger charge is -2.26. The standard InChI is InChI=1S/C20H34N4O2/c1-21-20(22-11-7-16-9-13-26-14-10-16)23-18-8-12-24(15-18)19(25)17-5-3-2-4-6-17/h9,17-18H,2-8,10-15H2,1H3,(H2,21,22,23). The van der Waals surface area contributed by atoms with Crippen LogP contribution in [0.5, 0.6) is 0 Å². The summed E-state index contributed by atoms with van der Waals surface area (Å²) in [6, 6.07) is 0.302. The highest BCUT2D eigenvalue weighted by atomic mass is 16.5. The van der Waals surface area contributed by atoms with E-state index >= 15 is 0 Å². The Labute approximate surface area is 157 Å². The van der Waals surface area contributed by atoms with Crippen molar-refractivity contribution in [1.82, 2.24) is 15.5 Å². The summed E-state index contributed by atoms with van der Waals surface area (Å²) in [7, 11) is 1.81. The summed E-state index contributed by atoms with van der Waals surface area (Å²) in [5, 5.41) is 6.90. The minimum absolute atomic E-state index is 0.271. The maximum absolute atomic E-state index is 12.7. The van der Waals surface area contributed by atoms with Crippen molar-refractivity contribution in [3.8, 4) is 0 Å². The number of rotatable bonds is 5. The molecule has 6 heteroatoms. The number of aliphatic imine (C=N–C) groups is 1. The Kier molecular flexibility index (Phi) is 7.35. The second-order valence-electron chi connectivity index (χ2n) is 7.69. The van der Waals surface area contributed by atoms with Crippen LogP contribution in [0.4, 0.5) is 0 Å². The molecular weight excluding hydrogens is 328 g/mol. The zero-order valence-corrected chi connectivity index (χ0v) is 16.1. The average molecular weight is 363 g/mol. The van der Waals surface area contributed by atoms with Crippen molar-refractivity contribution in [2.24, 2.45) is 10.9 Å². The molecule has 0 radical (unpaired) electrons. The van der Waals surface area contributed by atoms with Gasteiger partial charge in [-0.25, -0.2) is 0 Å². The molecule has 1 saturated carbocycles. The van der Waals surface area contributed by atoms with E-state index in [0.29, 0.717) is 11.9 Å². The molecule has 2 heterocycles. The molecule has 1 atom stereocenters. The van der Waals surface area contributed by atoms with Gasteiger partial charge in [0.1, 0.15) is 0 Å². The van der Waals surface area contributed by atoms with E-state index in [2.05, 4.69) is 26.6 Å². The van der Waals surface area contributed by atoms with E-state index in [1.54, 1.807) is 0 Å². The summed E-state index contributed by atoms with van der Waals surface area (Å²) < 4.78 is 5.34. The first-order valence-corrected chi connectivity index (χ1v) is 10.3.